The van der Waals surface area contributed by atoms with Gasteiger partial charge in [0.2, 0.25) is 0 Å². The first-order valence-electron chi connectivity index (χ1n) is 13.9. The zero-order valence-corrected chi connectivity index (χ0v) is 22.0. The van der Waals surface area contributed by atoms with Crippen LogP contribution in [-0.4, -0.2) is 4.57 Å². The van der Waals surface area contributed by atoms with Crippen LogP contribution in [0.3, 0.4) is 0 Å². The van der Waals surface area contributed by atoms with Gasteiger partial charge in [0, 0.05) is 29.6 Å². The van der Waals surface area contributed by atoms with E-state index in [9.17, 15) is 0 Å². The van der Waals surface area contributed by atoms with Gasteiger partial charge in [-0.3, -0.25) is 0 Å². The van der Waals surface area contributed by atoms with E-state index < -0.39 is 0 Å². The molecule has 2 aromatic carbocycles. The highest BCUT2D eigenvalue weighted by Gasteiger charge is 2.23. The lowest BCUT2D eigenvalue weighted by Crippen LogP contribution is -2.13. The van der Waals surface area contributed by atoms with E-state index in [2.05, 4.69) is 66.2 Å². The Morgan fingerprint density at radius 1 is 0.824 bits per heavy atom. The minimum absolute atomic E-state index is 0. The highest BCUT2D eigenvalue weighted by Crippen LogP contribution is 2.38. The molecule has 1 atom stereocenters. The first kappa shape index (κ1) is 25.4. The Bertz CT molecular complexity index is 1020. The van der Waals surface area contributed by atoms with Crippen molar-refractivity contribution in [2.75, 3.05) is 0 Å². The van der Waals surface area contributed by atoms with Gasteiger partial charge in [-0.1, -0.05) is 112 Å². The second kappa shape index (κ2) is 12.3. The van der Waals surface area contributed by atoms with Crippen LogP contribution in [0.15, 0.2) is 54.7 Å². The predicted molar refractivity (Wildman–Crippen MR) is 149 cm³/mol. The van der Waals surface area contributed by atoms with Crippen molar-refractivity contribution in [2.45, 2.75) is 103 Å². The Morgan fingerprint density at radius 2 is 1.53 bits per heavy atom. The first-order valence-corrected chi connectivity index (χ1v) is 13.9. The maximum Gasteiger partial charge on any atom is 0.0483 e. The van der Waals surface area contributed by atoms with Crippen LogP contribution in [0.5, 0.6) is 0 Å². The molecule has 2 saturated carbocycles. The summed E-state index contributed by atoms with van der Waals surface area (Å²) in [4.78, 5) is 0. The molecule has 1 unspecified atom stereocenters. The summed E-state index contributed by atoms with van der Waals surface area (Å²) in [6.07, 6.45) is 21.0. The average Bonchev–Trinajstić information content (AvgIpc) is 3.21. The Balaban J connectivity index is 0.00000274. The van der Waals surface area contributed by atoms with E-state index in [0.29, 0.717) is 5.92 Å². The number of aromatic nitrogens is 1. The van der Waals surface area contributed by atoms with Gasteiger partial charge >= 0.3 is 0 Å². The van der Waals surface area contributed by atoms with Crippen LogP contribution in [0.25, 0.3) is 10.9 Å². The molecule has 0 amide bonds. The third kappa shape index (κ3) is 6.09. The maximum absolute atomic E-state index is 2.62. The fourth-order valence-corrected chi connectivity index (χ4v) is 6.83. The van der Waals surface area contributed by atoms with Gasteiger partial charge in [0.05, 0.1) is 0 Å². The van der Waals surface area contributed by atoms with Gasteiger partial charge < -0.3 is 4.57 Å². The molecule has 5 rings (SSSR count). The summed E-state index contributed by atoms with van der Waals surface area (Å²) in [5.41, 5.74) is 5.91. The summed E-state index contributed by atoms with van der Waals surface area (Å²) in [7, 11) is 0. The van der Waals surface area contributed by atoms with Gasteiger partial charge in [0.25, 0.3) is 0 Å². The van der Waals surface area contributed by atoms with Crippen molar-refractivity contribution in [1.29, 1.82) is 0 Å². The molecule has 0 aliphatic heterocycles. The van der Waals surface area contributed by atoms with Crippen molar-refractivity contribution in [2.24, 2.45) is 11.8 Å². The van der Waals surface area contributed by atoms with Crippen molar-refractivity contribution >= 4 is 23.3 Å². The smallest absolute Gasteiger partial charge is 0.0483 e. The van der Waals surface area contributed by atoms with Crippen molar-refractivity contribution in [3.8, 4) is 0 Å². The second-order valence-electron chi connectivity index (χ2n) is 11.2. The lowest BCUT2D eigenvalue weighted by atomic mass is 9.82. The number of benzene rings is 2. The van der Waals surface area contributed by atoms with E-state index in [4.69, 9.17) is 0 Å². The van der Waals surface area contributed by atoms with E-state index in [0.717, 1.165) is 11.8 Å². The molecule has 184 valence electrons. The number of rotatable bonds is 8. The SMILES string of the molecule is Cc1cccc(C(CCCC2CCCCC2)c2cn(CC3CCCCC3)c3ccccc23)c1.Cl. The van der Waals surface area contributed by atoms with Crippen LogP contribution in [0.4, 0.5) is 0 Å². The molecule has 34 heavy (non-hydrogen) atoms. The molecule has 1 heterocycles. The Morgan fingerprint density at radius 3 is 2.26 bits per heavy atom. The lowest BCUT2D eigenvalue weighted by molar-refractivity contribution is 0.322. The zero-order valence-electron chi connectivity index (χ0n) is 21.2. The quantitative estimate of drug-likeness (QED) is 0.304. The molecular weight excluding hydrogens is 434 g/mol. The molecule has 0 bridgehead atoms. The molecule has 2 aliphatic rings. The summed E-state index contributed by atoms with van der Waals surface area (Å²) in [5.74, 6) is 2.33. The van der Waals surface area contributed by atoms with Crippen molar-refractivity contribution < 1.29 is 0 Å². The zero-order chi connectivity index (χ0) is 22.5. The van der Waals surface area contributed by atoms with E-state index in [1.54, 1.807) is 5.56 Å². The molecule has 0 spiro atoms. The standard InChI is InChI=1S/C32H43N.ClH/c1-25-12-10-18-28(22-25)29(20-11-17-26-13-4-2-5-14-26)31-24-33(23-27-15-6-3-7-16-27)32-21-9-8-19-30(31)32;/h8-10,12,18-19,21-22,24,26-27,29H,2-7,11,13-17,20,23H2,1H3;1H. The van der Waals surface area contributed by atoms with Gasteiger partial charge in [-0.15, -0.1) is 12.4 Å². The van der Waals surface area contributed by atoms with Gasteiger partial charge in [-0.05, 0) is 55.2 Å². The number of fused-ring (bicyclic) bond motifs is 1. The average molecular weight is 478 g/mol. The largest absolute Gasteiger partial charge is 0.347 e. The van der Waals surface area contributed by atoms with Gasteiger partial charge in [-0.25, -0.2) is 0 Å². The molecule has 0 saturated heterocycles. The number of halogens is 1. The highest BCUT2D eigenvalue weighted by atomic mass is 35.5. The van der Waals surface area contributed by atoms with Gasteiger partial charge in [-0.2, -0.15) is 0 Å². The van der Waals surface area contributed by atoms with E-state index in [1.807, 2.05) is 0 Å². The van der Waals surface area contributed by atoms with E-state index in [-0.39, 0.29) is 12.4 Å². The summed E-state index contributed by atoms with van der Waals surface area (Å²) in [6, 6.07) is 18.5. The molecule has 3 aromatic rings. The third-order valence-electron chi connectivity index (χ3n) is 8.65. The summed E-state index contributed by atoms with van der Waals surface area (Å²) in [5, 5.41) is 1.48. The molecule has 2 aliphatic carbocycles. The Labute approximate surface area is 213 Å². The highest BCUT2D eigenvalue weighted by molar-refractivity contribution is 5.85. The minimum atomic E-state index is 0. The van der Waals surface area contributed by atoms with Gasteiger partial charge in [0.15, 0.2) is 0 Å². The van der Waals surface area contributed by atoms with Crippen molar-refractivity contribution in [1.82, 2.24) is 4.57 Å². The minimum Gasteiger partial charge on any atom is -0.347 e. The van der Waals surface area contributed by atoms with Crippen LogP contribution >= 0.6 is 12.4 Å². The Kier molecular flexibility index (Phi) is 9.17. The molecule has 2 heteroatoms. The van der Waals surface area contributed by atoms with Crippen LogP contribution in [-0.2, 0) is 6.54 Å². The maximum atomic E-state index is 2.62. The van der Waals surface area contributed by atoms with E-state index in [1.165, 1.54) is 112 Å². The topological polar surface area (TPSA) is 4.93 Å². The molecular formula is C32H44ClN. The molecule has 2 fully saturated rings. The summed E-state index contributed by atoms with van der Waals surface area (Å²) in [6.45, 7) is 3.44. The molecule has 1 aromatic heterocycles. The monoisotopic (exact) mass is 477 g/mol. The fourth-order valence-electron chi connectivity index (χ4n) is 6.83. The number of hydrogen-bond acceptors (Lipinski definition) is 0. The number of para-hydroxylation sites is 1. The van der Waals surface area contributed by atoms with Gasteiger partial charge in [0.1, 0.15) is 0 Å². The van der Waals surface area contributed by atoms with Crippen LogP contribution in [0.1, 0.15) is 106 Å². The van der Waals surface area contributed by atoms with Crippen LogP contribution in [0, 0.1) is 18.8 Å². The predicted octanol–water partition coefficient (Wildman–Crippen LogP) is 9.83. The molecule has 1 nitrogen and oxygen atoms in total. The number of aryl methyl sites for hydroxylation is 1. The second-order valence-corrected chi connectivity index (χ2v) is 11.2. The van der Waals surface area contributed by atoms with Crippen LogP contribution < -0.4 is 0 Å². The fraction of sp³-hybridized carbons (Fsp3) is 0.562. The van der Waals surface area contributed by atoms with E-state index >= 15 is 0 Å². The number of nitrogens with zero attached hydrogens (tertiary/aromatic N) is 1. The van der Waals surface area contributed by atoms with Crippen molar-refractivity contribution in [3.05, 3.63) is 71.4 Å². The summed E-state index contributed by atoms with van der Waals surface area (Å²) < 4.78 is 2.62. The normalized spacial score (nSPS) is 18.6. The first-order chi connectivity index (χ1) is 16.3. The molecule has 0 radical (unpaired) electrons. The third-order valence-corrected chi connectivity index (χ3v) is 8.65. The number of hydrogen-bond donors (Lipinski definition) is 0. The van der Waals surface area contributed by atoms with Crippen molar-refractivity contribution in [3.63, 3.8) is 0 Å². The Hall–Kier alpha value is -1.73. The lowest BCUT2D eigenvalue weighted by Gasteiger charge is -2.23. The summed E-state index contributed by atoms with van der Waals surface area (Å²) >= 11 is 0. The molecule has 0 N–H and O–H groups in total. The van der Waals surface area contributed by atoms with Crippen LogP contribution in [0.2, 0.25) is 0 Å².